The first kappa shape index (κ1) is 20.2. The second-order valence-electron chi connectivity index (χ2n) is 2.16. The van der Waals surface area contributed by atoms with Crippen molar-refractivity contribution in [3.05, 3.63) is 35.4 Å². The third-order valence-corrected chi connectivity index (χ3v) is 1.33. The fourth-order valence-electron chi connectivity index (χ4n) is 0.773. The van der Waals surface area contributed by atoms with Crippen molar-refractivity contribution in [2.75, 3.05) is 0 Å². The summed E-state index contributed by atoms with van der Waals surface area (Å²) in [4.78, 5) is 20.5. The van der Waals surface area contributed by atoms with Gasteiger partial charge in [-0.15, -0.1) is 0 Å². The van der Waals surface area contributed by atoms with E-state index in [4.69, 9.17) is 0 Å². The first-order chi connectivity index (χ1) is 5.61. The quantitative estimate of drug-likeness (QED) is 0.415. The molecule has 0 spiro atoms. The summed E-state index contributed by atoms with van der Waals surface area (Å²) in [6, 6.07) is 4.81. The van der Waals surface area contributed by atoms with Crippen LogP contribution in [0, 0.1) is 0 Å². The molecule has 0 heterocycles. The predicted molar refractivity (Wildman–Crippen MR) is 54.3 cm³/mol. The number of rotatable bonds is 2. The third kappa shape index (κ3) is 6.01. The van der Waals surface area contributed by atoms with E-state index < -0.39 is 11.9 Å². The monoisotopic (exact) mass is 256 g/mol. The first-order valence-electron chi connectivity index (χ1n) is 3.14. The Morgan fingerprint density at radius 1 is 1.00 bits per heavy atom. The van der Waals surface area contributed by atoms with Crippen molar-refractivity contribution in [2.45, 2.75) is 0 Å². The van der Waals surface area contributed by atoms with Gasteiger partial charge in [-0.3, -0.25) is 0 Å². The molecular weight excluding hydrogens is 248 g/mol. The maximum Gasteiger partial charge on any atom is 2.00 e. The molecule has 1 aromatic carbocycles. The van der Waals surface area contributed by atoms with Gasteiger partial charge in [-0.05, 0) is 17.2 Å². The van der Waals surface area contributed by atoms with Crippen LogP contribution in [0.25, 0.3) is 0 Å². The van der Waals surface area contributed by atoms with Crippen LogP contribution in [0.4, 0.5) is 0 Å². The second-order valence-corrected chi connectivity index (χ2v) is 2.16. The van der Waals surface area contributed by atoms with Crippen molar-refractivity contribution in [1.29, 1.82) is 0 Å². The number of benzene rings is 1. The topological polar surface area (TPSA) is 110 Å². The largest absolute Gasteiger partial charge is 2.00 e. The number of carboxylic acid groups (broad SMARTS) is 2. The number of carbonyl (C=O) groups excluding carboxylic acids is 2. The zero-order valence-corrected chi connectivity index (χ0v) is 11.0. The van der Waals surface area contributed by atoms with Crippen molar-refractivity contribution >= 4 is 63.2 Å². The summed E-state index contributed by atoms with van der Waals surface area (Å²) in [6.07, 6.45) is 0. The van der Waals surface area contributed by atoms with Gasteiger partial charge in [0.2, 0.25) is 0 Å². The van der Waals surface area contributed by atoms with Gasteiger partial charge in [-0.2, -0.15) is 0 Å². The minimum Gasteiger partial charge on any atom is -0.870 e. The summed E-state index contributed by atoms with van der Waals surface area (Å²) in [5.74, 6) is -2.81. The van der Waals surface area contributed by atoms with Crippen molar-refractivity contribution in [3.8, 4) is 0 Å². The molecule has 1 aromatic rings. The molecule has 0 aliphatic carbocycles. The van der Waals surface area contributed by atoms with Gasteiger partial charge < -0.3 is 25.3 Å². The molecule has 0 bridgehead atoms. The van der Waals surface area contributed by atoms with E-state index in [-0.39, 0.29) is 67.8 Å². The van der Waals surface area contributed by atoms with Crippen LogP contribution in [0.5, 0.6) is 0 Å². The minimum absolute atomic E-state index is 0. The molecule has 0 saturated carbocycles. The zero-order chi connectivity index (χ0) is 9.14. The summed E-state index contributed by atoms with van der Waals surface area (Å²) in [5, 5.41) is 20.5. The number of carboxylic acids is 2. The Kier molecular flexibility index (Phi) is 12.1. The Morgan fingerprint density at radius 3 is 1.60 bits per heavy atom. The zero-order valence-electron chi connectivity index (χ0n) is 7.67. The summed E-state index contributed by atoms with van der Waals surface area (Å²) < 4.78 is 0. The molecule has 0 amide bonds. The van der Waals surface area contributed by atoms with E-state index in [0.717, 1.165) is 6.07 Å². The van der Waals surface area contributed by atoms with Gasteiger partial charge in [0.05, 0.1) is 11.9 Å². The number of aromatic carboxylic acids is 2. The molecule has 0 aliphatic rings. The smallest absolute Gasteiger partial charge is 0.870 e. The number of hydrogen-bond acceptors (Lipinski definition) is 5. The third-order valence-electron chi connectivity index (χ3n) is 1.33. The van der Waals surface area contributed by atoms with Crippen LogP contribution in [0.3, 0.4) is 0 Å². The Bertz CT molecular complexity index is 312. The van der Waals surface area contributed by atoms with Crippen molar-refractivity contribution in [3.63, 3.8) is 0 Å². The Labute approximate surface area is 123 Å². The fourth-order valence-corrected chi connectivity index (χ4v) is 0.773. The van der Waals surface area contributed by atoms with Crippen molar-refractivity contribution in [1.82, 2.24) is 0 Å². The molecule has 78 valence electrons. The van der Waals surface area contributed by atoms with Gasteiger partial charge in [-0.1, -0.05) is 31.7 Å². The van der Waals surface area contributed by atoms with Crippen LogP contribution >= 0.6 is 0 Å². The van der Waals surface area contributed by atoms with Crippen LogP contribution in [-0.2, 0) is 13.5 Å². The van der Waals surface area contributed by atoms with Crippen LogP contribution in [-0.4, -0.2) is 55.2 Å². The SMILES string of the molecule is O=C([O-])c1cccc(C(=O)[O-])c1.[Ca+2].[OH-].[SH3+]. The van der Waals surface area contributed by atoms with Crippen LogP contribution in [0.1, 0.15) is 20.7 Å². The fraction of sp³-hybridized carbons (Fsp3) is 0. The van der Waals surface area contributed by atoms with E-state index in [1.807, 2.05) is 0 Å². The first-order valence-corrected chi connectivity index (χ1v) is 3.14. The standard InChI is InChI=1S/C8H6O4.Ca.H2O.H2S/c9-7(10)5-2-1-3-6(4-5)8(11)12;;;/h1-4H,(H,9,10)(H,11,12);;2*1H2/q;+2;;/p-2. The molecule has 1 rings (SSSR count). The number of hydrogen-bond donors (Lipinski definition) is 0. The van der Waals surface area contributed by atoms with E-state index in [0.29, 0.717) is 0 Å². The van der Waals surface area contributed by atoms with Crippen molar-refractivity contribution in [2.24, 2.45) is 0 Å². The molecule has 0 atom stereocenters. The van der Waals surface area contributed by atoms with E-state index >= 15 is 0 Å². The van der Waals surface area contributed by atoms with Gasteiger partial charge >= 0.3 is 37.7 Å². The molecule has 0 radical (unpaired) electrons. The Balaban J connectivity index is -0.000000480. The van der Waals surface area contributed by atoms with Gasteiger partial charge in [0.15, 0.2) is 0 Å². The molecule has 0 aromatic heterocycles. The van der Waals surface area contributed by atoms with Gasteiger partial charge in [0, 0.05) is 0 Å². The molecule has 15 heavy (non-hydrogen) atoms. The molecular formula is C8H8CaO5S. The average Bonchev–Trinajstić information content (AvgIpc) is 2.04. The normalized spacial score (nSPS) is 7.47. The molecule has 0 aliphatic heterocycles. The summed E-state index contributed by atoms with van der Waals surface area (Å²) in [7, 11) is 0. The van der Waals surface area contributed by atoms with Crippen LogP contribution in [0.2, 0.25) is 0 Å². The van der Waals surface area contributed by atoms with Crippen LogP contribution < -0.4 is 10.2 Å². The van der Waals surface area contributed by atoms with E-state index in [9.17, 15) is 19.8 Å². The number of carbonyl (C=O) groups is 2. The molecule has 5 nitrogen and oxygen atoms in total. The summed E-state index contributed by atoms with van der Waals surface area (Å²) in [6.45, 7) is 0. The van der Waals surface area contributed by atoms with E-state index in [1.165, 1.54) is 18.2 Å². The van der Waals surface area contributed by atoms with Crippen LogP contribution in [0.15, 0.2) is 24.3 Å². The van der Waals surface area contributed by atoms with Gasteiger partial charge in [0.25, 0.3) is 0 Å². The Hall–Kier alpha value is -0.270. The molecule has 0 fully saturated rings. The van der Waals surface area contributed by atoms with Crippen molar-refractivity contribution < 1.29 is 25.3 Å². The molecule has 1 N–H and O–H groups in total. The predicted octanol–water partition coefficient (Wildman–Crippen LogP) is -2.95. The Morgan fingerprint density at radius 2 is 1.33 bits per heavy atom. The molecule has 7 heteroatoms. The van der Waals surface area contributed by atoms with E-state index in [2.05, 4.69) is 0 Å². The van der Waals surface area contributed by atoms with E-state index in [1.54, 1.807) is 0 Å². The average molecular weight is 256 g/mol. The van der Waals surface area contributed by atoms with Gasteiger partial charge in [0.1, 0.15) is 0 Å². The second kappa shape index (κ2) is 8.99. The maximum absolute atomic E-state index is 10.3. The summed E-state index contributed by atoms with van der Waals surface area (Å²) in [5.41, 5.74) is -0.339. The molecule has 0 unspecified atom stereocenters. The maximum atomic E-state index is 10.3. The summed E-state index contributed by atoms with van der Waals surface area (Å²) >= 11 is 0. The molecule has 0 saturated heterocycles. The van der Waals surface area contributed by atoms with Gasteiger partial charge in [-0.25, -0.2) is 0 Å². The minimum atomic E-state index is -1.40.